The van der Waals surface area contributed by atoms with Gasteiger partial charge in [0.25, 0.3) is 0 Å². The number of hydrogen-bond acceptors (Lipinski definition) is 1. The second-order valence-electron chi connectivity index (χ2n) is 5.27. The average Bonchev–Trinajstić information content (AvgIpc) is 2.44. The zero-order valence-electron chi connectivity index (χ0n) is 8.94. The molecule has 13 heavy (non-hydrogen) atoms. The Labute approximate surface area is 82.3 Å². The van der Waals surface area contributed by atoms with Crippen molar-refractivity contribution in [1.82, 2.24) is 5.32 Å². The van der Waals surface area contributed by atoms with Crippen molar-refractivity contribution in [3.05, 3.63) is 0 Å². The van der Waals surface area contributed by atoms with Crippen LogP contribution in [0.2, 0.25) is 0 Å². The fraction of sp³-hybridized carbons (Fsp3) is 1.00. The molecule has 1 N–H and O–H groups in total. The van der Waals surface area contributed by atoms with Gasteiger partial charge in [0, 0.05) is 6.54 Å². The Bertz CT molecular complexity index is 151. The number of nitrogens with one attached hydrogen (secondary N) is 1. The molecule has 1 heteroatoms. The van der Waals surface area contributed by atoms with E-state index < -0.39 is 0 Å². The molecular formula is C12H23N. The van der Waals surface area contributed by atoms with Crippen LogP contribution in [-0.2, 0) is 0 Å². The van der Waals surface area contributed by atoms with Crippen LogP contribution in [0.3, 0.4) is 0 Å². The van der Waals surface area contributed by atoms with Crippen molar-refractivity contribution in [1.29, 1.82) is 0 Å². The zero-order chi connectivity index (χ0) is 9.15. The lowest BCUT2D eigenvalue weighted by molar-refractivity contribution is 0.189. The van der Waals surface area contributed by atoms with Gasteiger partial charge in [0.15, 0.2) is 0 Å². The van der Waals surface area contributed by atoms with E-state index in [1.807, 2.05) is 0 Å². The third-order valence-electron chi connectivity index (χ3n) is 4.24. The van der Waals surface area contributed by atoms with Crippen LogP contribution in [0.5, 0.6) is 0 Å². The molecule has 1 unspecified atom stereocenters. The summed E-state index contributed by atoms with van der Waals surface area (Å²) in [4.78, 5) is 0. The molecular weight excluding hydrogens is 158 g/mol. The highest BCUT2D eigenvalue weighted by Gasteiger charge is 2.36. The van der Waals surface area contributed by atoms with Gasteiger partial charge in [0.05, 0.1) is 0 Å². The SMILES string of the molecule is CC1(C2CCCCCC2)CCNC1. The van der Waals surface area contributed by atoms with Gasteiger partial charge < -0.3 is 5.32 Å². The van der Waals surface area contributed by atoms with Crippen molar-refractivity contribution < 1.29 is 0 Å². The molecule has 0 radical (unpaired) electrons. The van der Waals surface area contributed by atoms with Crippen molar-refractivity contribution in [2.24, 2.45) is 11.3 Å². The predicted molar refractivity (Wildman–Crippen MR) is 56.8 cm³/mol. The van der Waals surface area contributed by atoms with Crippen LogP contribution in [-0.4, -0.2) is 13.1 Å². The molecule has 1 heterocycles. The van der Waals surface area contributed by atoms with Crippen molar-refractivity contribution in [2.45, 2.75) is 51.9 Å². The van der Waals surface area contributed by atoms with Gasteiger partial charge in [0.1, 0.15) is 0 Å². The zero-order valence-corrected chi connectivity index (χ0v) is 8.94. The molecule has 0 bridgehead atoms. The quantitative estimate of drug-likeness (QED) is 0.613. The van der Waals surface area contributed by atoms with Crippen LogP contribution in [0.1, 0.15) is 51.9 Å². The van der Waals surface area contributed by atoms with Gasteiger partial charge in [-0.15, -0.1) is 0 Å². The molecule has 0 aromatic rings. The highest BCUT2D eigenvalue weighted by Crippen LogP contribution is 2.41. The first-order valence-electron chi connectivity index (χ1n) is 6.02. The van der Waals surface area contributed by atoms with Gasteiger partial charge in [-0.05, 0) is 37.1 Å². The van der Waals surface area contributed by atoms with Crippen LogP contribution < -0.4 is 5.32 Å². The minimum Gasteiger partial charge on any atom is -0.316 e. The predicted octanol–water partition coefficient (Wildman–Crippen LogP) is 2.96. The molecule has 2 rings (SSSR count). The van der Waals surface area contributed by atoms with Gasteiger partial charge in [-0.1, -0.05) is 32.6 Å². The summed E-state index contributed by atoms with van der Waals surface area (Å²) in [5.41, 5.74) is 0.643. The Kier molecular flexibility index (Phi) is 2.92. The summed E-state index contributed by atoms with van der Waals surface area (Å²) in [5, 5.41) is 3.53. The Morgan fingerprint density at radius 2 is 1.77 bits per heavy atom. The maximum atomic E-state index is 3.53. The molecule has 1 aliphatic heterocycles. The molecule has 1 saturated heterocycles. The normalized spacial score (nSPS) is 37.6. The van der Waals surface area contributed by atoms with E-state index in [1.54, 1.807) is 0 Å². The van der Waals surface area contributed by atoms with E-state index in [0.717, 1.165) is 5.92 Å². The summed E-state index contributed by atoms with van der Waals surface area (Å²) >= 11 is 0. The molecule has 1 nitrogen and oxygen atoms in total. The van der Waals surface area contributed by atoms with E-state index in [1.165, 1.54) is 58.0 Å². The van der Waals surface area contributed by atoms with Crippen LogP contribution in [0, 0.1) is 11.3 Å². The van der Waals surface area contributed by atoms with Gasteiger partial charge in [0.2, 0.25) is 0 Å². The Morgan fingerprint density at radius 1 is 1.08 bits per heavy atom. The van der Waals surface area contributed by atoms with E-state index in [4.69, 9.17) is 0 Å². The third-order valence-corrected chi connectivity index (χ3v) is 4.24. The minimum absolute atomic E-state index is 0.643. The summed E-state index contributed by atoms with van der Waals surface area (Å²) in [6.45, 7) is 5.04. The molecule has 2 aliphatic rings. The molecule has 1 atom stereocenters. The molecule has 0 aromatic heterocycles. The van der Waals surface area contributed by atoms with Crippen LogP contribution in [0.15, 0.2) is 0 Å². The minimum atomic E-state index is 0.643. The number of rotatable bonds is 1. The summed E-state index contributed by atoms with van der Waals surface area (Å²) in [5.74, 6) is 1.02. The lowest BCUT2D eigenvalue weighted by atomic mass is 9.73. The van der Waals surface area contributed by atoms with Crippen molar-refractivity contribution in [2.75, 3.05) is 13.1 Å². The number of hydrogen-bond donors (Lipinski definition) is 1. The average molecular weight is 181 g/mol. The lowest BCUT2D eigenvalue weighted by Crippen LogP contribution is -2.29. The molecule has 1 saturated carbocycles. The van der Waals surface area contributed by atoms with Crippen LogP contribution in [0.25, 0.3) is 0 Å². The van der Waals surface area contributed by atoms with Gasteiger partial charge in [-0.25, -0.2) is 0 Å². The molecule has 0 amide bonds. The third kappa shape index (κ3) is 2.07. The molecule has 76 valence electrons. The summed E-state index contributed by atoms with van der Waals surface area (Å²) in [6, 6.07) is 0. The molecule has 2 fully saturated rings. The Balaban J connectivity index is 1.96. The summed E-state index contributed by atoms with van der Waals surface area (Å²) < 4.78 is 0. The van der Waals surface area contributed by atoms with Crippen molar-refractivity contribution >= 4 is 0 Å². The van der Waals surface area contributed by atoms with Crippen molar-refractivity contribution in [3.8, 4) is 0 Å². The van der Waals surface area contributed by atoms with Crippen LogP contribution in [0.4, 0.5) is 0 Å². The van der Waals surface area contributed by atoms with E-state index >= 15 is 0 Å². The second kappa shape index (κ2) is 4.00. The molecule has 0 spiro atoms. The monoisotopic (exact) mass is 181 g/mol. The van der Waals surface area contributed by atoms with Crippen molar-refractivity contribution in [3.63, 3.8) is 0 Å². The Hall–Kier alpha value is -0.0400. The first kappa shape index (κ1) is 9.51. The fourth-order valence-electron chi connectivity index (χ4n) is 3.16. The van der Waals surface area contributed by atoms with E-state index in [0.29, 0.717) is 5.41 Å². The van der Waals surface area contributed by atoms with Gasteiger partial charge in [-0.2, -0.15) is 0 Å². The second-order valence-corrected chi connectivity index (χ2v) is 5.27. The first-order chi connectivity index (χ1) is 6.31. The fourth-order valence-corrected chi connectivity index (χ4v) is 3.16. The summed E-state index contributed by atoms with van der Waals surface area (Å²) in [7, 11) is 0. The van der Waals surface area contributed by atoms with E-state index in [9.17, 15) is 0 Å². The van der Waals surface area contributed by atoms with E-state index in [-0.39, 0.29) is 0 Å². The smallest absolute Gasteiger partial charge is 0.000829 e. The molecule has 0 aromatic carbocycles. The summed E-state index contributed by atoms with van der Waals surface area (Å²) in [6.07, 6.45) is 10.4. The van der Waals surface area contributed by atoms with Gasteiger partial charge in [-0.3, -0.25) is 0 Å². The topological polar surface area (TPSA) is 12.0 Å². The maximum absolute atomic E-state index is 3.53. The lowest BCUT2D eigenvalue weighted by Gasteiger charge is -2.32. The van der Waals surface area contributed by atoms with Gasteiger partial charge >= 0.3 is 0 Å². The molecule has 1 aliphatic carbocycles. The first-order valence-corrected chi connectivity index (χ1v) is 6.02. The highest BCUT2D eigenvalue weighted by atomic mass is 14.9. The standard InChI is InChI=1S/C12H23N/c1-12(8-9-13-10-12)11-6-4-2-3-5-7-11/h11,13H,2-10H2,1H3. The Morgan fingerprint density at radius 3 is 2.31 bits per heavy atom. The van der Waals surface area contributed by atoms with Crippen LogP contribution >= 0.6 is 0 Å². The largest absolute Gasteiger partial charge is 0.316 e. The van der Waals surface area contributed by atoms with E-state index in [2.05, 4.69) is 12.2 Å². The highest BCUT2D eigenvalue weighted by molar-refractivity contribution is 4.90. The maximum Gasteiger partial charge on any atom is 0.000829 e.